The Kier molecular flexibility index (Phi) is 3.54. The summed E-state index contributed by atoms with van der Waals surface area (Å²) in [4.78, 5) is 8.47. The van der Waals surface area contributed by atoms with Crippen molar-refractivity contribution in [1.29, 1.82) is 5.26 Å². The number of aromatic nitrogens is 2. The molecule has 0 fully saturated rings. The predicted molar refractivity (Wildman–Crippen MR) is 69.7 cm³/mol. The Morgan fingerprint density at radius 2 is 1.89 bits per heavy atom. The first-order chi connectivity index (χ1) is 8.70. The van der Waals surface area contributed by atoms with Crippen LogP contribution in [0.1, 0.15) is 22.6 Å². The van der Waals surface area contributed by atoms with Crippen LogP contribution < -0.4 is 5.73 Å². The fourth-order valence-corrected chi connectivity index (χ4v) is 1.81. The minimum Gasteiger partial charge on any atom is -0.382 e. The molecule has 4 nitrogen and oxygen atoms in total. The maximum absolute atomic E-state index is 8.89. The first-order valence-corrected chi connectivity index (χ1v) is 5.77. The van der Waals surface area contributed by atoms with E-state index < -0.39 is 0 Å². The molecule has 4 heteroatoms. The molecule has 18 heavy (non-hydrogen) atoms. The van der Waals surface area contributed by atoms with E-state index in [1.54, 1.807) is 6.92 Å². The molecule has 0 saturated heterocycles. The molecular formula is C14H14N4. The molecule has 2 aromatic rings. The molecule has 0 radical (unpaired) electrons. The molecule has 2 N–H and O–H groups in total. The maximum Gasteiger partial charge on any atom is 0.145 e. The van der Waals surface area contributed by atoms with Gasteiger partial charge in [0.15, 0.2) is 0 Å². The van der Waals surface area contributed by atoms with Crippen LogP contribution in [0, 0.1) is 18.3 Å². The molecule has 1 aromatic carbocycles. The number of rotatable bonds is 3. The fourth-order valence-electron chi connectivity index (χ4n) is 1.81. The minimum absolute atomic E-state index is 0.271. The topological polar surface area (TPSA) is 75.6 Å². The van der Waals surface area contributed by atoms with Crippen LogP contribution in [-0.2, 0) is 12.8 Å². The van der Waals surface area contributed by atoms with E-state index in [4.69, 9.17) is 11.0 Å². The van der Waals surface area contributed by atoms with Gasteiger partial charge < -0.3 is 5.73 Å². The third kappa shape index (κ3) is 2.64. The molecular weight excluding hydrogens is 224 g/mol. The van der Waals surface area contributed by atoms with Gasteiger partial charge in [0, 0.05) is 6.42 Å². The molecule has 2 rings (SSSR count). The molecule has 0 bridgehead atoms. The molecule has 0 atom stereocenters. The van der Waals surface area contributed by atoms with Crippen LogP contribution in [0.2, 0.25) is 0 Å². The van der Waals surface area contributed by atoms with Gasteiger partial charge in [0.1, 0.15) is 23.3 Å². The van der Waals surface area contributed by atoms with Crippen molar-refractivity contribution in [3.8, 4) is 6.07 Å². The summed E-state index contributed by atoms with van der Waals surface area (Å²) in [5.41, 5.74) is 7.99. The van der Waals surface area contributed by atoms with Crippen molar-refractivity contribution in [3.63, 3.8) is 0 Å². The van der Waals surface area contributed by atoms with E-state index in [9.17, 15) is 0 Å². The lowest BCUT2D eigenvalue weighted by Gasteiger charge is -2.05. The summed E-state index contributed by atoms with van der Waals surface area (Å²) in [6.45, 7) is 1.78. The molecule has 0 spiro atoms. The van der Waals surface area contributed by atoms with Gasteiger partial charge >= 0.3 is 0 Å². The molecule has 0 aliphatic heterocycles. The second-order valence-electron chi connectivity index (χ2n) is 4.08. The zero-order valence-electron chi connectivity index (χ0n) is 10.2. The Morgan fingerprint density at radius 1 is 1.17 bits per heavy atom. The van der Waals surface area contributed by atoms with Crippen LogP contribution in [0.3, 0.4) is 0 Å². The van der Waals surface area contributed by atoms with Crippen molar-refractivity contribution in [2.24, 2.45) is 0 Å². The third-order valence-corrected chi connectivity index (χ3v) is 2.76. The van der Waals surface area contributed by atoms with Gasteiger partial charge in [-0.15, -0.1) is 0 Å². The van der Waals surface area contributed by atoms with Crippen LogP contribution in [0.5, 0.6) is 0 Å². The van der Waals surface area contributed by atoms with Gasteiger partial charge in [-0.3, -0.25) is 0 Å². The van der Waals surface area contributed by atoms with Gasteiger partial charge in [0.05, 0.1) is 5.69 Å². The summed E-state index contributed by atoms with van der Waals surface area (Å²) in [5, 5.41) is 8.89. The highest BCUT2D eigenvalue weighted by molar-refractivity contribution is 5.50. The number of nitrogen functional groups attached to an aromatic ring is 1. The Labute approximate surface area is 106 Å². The fraction of sp³-hybridized carbons (Fsp3) is 0.214. The van der Waals surface area contributed by atoms with Gasteiger partial charge in [0.2, 0.25) is 0 Å². The van der Waals surface area contributed by atoms with E-state index in [1.165, 1.54) is 5.56 Å². The SMILES string of the molecule is Cc1nc(CCc2ccccc2)nc(N)c1C#N. The van der Waals surface area contributed by atoms with Crippen molar-refractivity contribution in [2.75, 3.05) is 5.73 Å². The monoisotopic (exact) mass is 238 g/mol. The lowest BCUT2D eigenvalue weighted by Crippen LogP contribution is -2.06. The highest BCUT2D eigenvalue weighted by Crippen LogP contribution is 2.12. The van der Waals surface area contributed by atoms with Crippen molar-refractivity contribution in [2.45, 2.75) is 19.8 Å². The molecule has 0 amide bonds. The maximum atomic E-state index is 8.89. The molecule has 0 aliphatic rings. The second kappa shape index (κ2) is 5.28. The van der Waals surface area contributed by atoms with Crippen LogP contribution in [0.15, 0.2) is 30.3 Å². The third-order valence-electron chi connectivity index (χ3n) is 2.76. The van der Waals surface area contributed by atoms with E-state index in [0.717, 1.165) is 12.8 Å². The summed E-state index contributed by atoms with van der Waals surface area (Å²) < 4.78 is 0. The van der Waals surface area contributed by atoms with E-state index in [1.807, 2.05) is 24.3 Å². The molecule has 0 aliphatic carbocycles. The van der Waals surface area contributed by atoms with Gasteiger partial charge in [-0.05, 0) is 18.9 Å². The van der Waals surface area contributed by atoms with Crippen molar-refractivity contribution in [1.82, 2.24) is 9.97 Å². The highest BCUT2D eigenvalue weighted by atomic mass is 14.9. The number of benzene rings is 1. The van der Waals surface area contributed by atoms with Gasteiger partial charge in [-0.2, -0.15) is 5.26 Å². The van der Waals surface area contributed by atoms with Crippen LogP contribution in [0.25, 0.3) is 0 Å². The van der Waals surface area contributed by atoms with E-state index >= 15 is 0 Å². The average molecular weight is 238 g/mol. The zero-order valence-corrected chi connectivity index (χ0v) is 10.2. The highest BCUT2D eigenvalue weighted by Gasteiger charge is 2.08. The summed E-state index contributed by atoms with van der Waals surface area (Å²) in [7, 11) is 0. The normalized spacial score (nSPS) is 10.0. The Hall–Kier alpha value is -2.41. The number of hydrogen-bond donors (Lipinski definition) is 1. The van der Waals surface area contributed by atoms with E-state index in [0.29, 0.717) is 17.1 Å². The number of aryl methyl sites for hydroxylation is 3. The first-order valence-electron chi connectivity index (χ1n) is 5.77. The number of anilines is 1. The van der Waals surface area contributed by atoms with Gasteiger partial charge in [-0.1, -0.05) is 30.3 Å². The van der Waals surface area contributed by atoms with Gasteiger partial charge in [-0.25, -0.2) is 9.97 Å². The minimum atomic E-state index is 0.271. The lowest BCUT2D eigenvalue weighted by atomic mass is 10.1. The molecule has 1 aromatic heterocycles. The van der Waals surface area contributed by atoms with Crippen LogP contribution in [0.4, 0.5) is 5.82 Å². The summed E-state index contributed by atoms with van der Waals surface area (Å²) >= 11 is 0. The smallest absolute Gasteiger partial charge is 0.145 e. The number of nitrogens with two attached hydrogens (primary N) is 1. The molecule has 0 unspecified atom stereocenters. The largest absolute Gasteiger partial charge is 0.382 e. The standard InChI is InChI=1S/C14H14N4/c1-10-12(9-15)14(16)18-13(17-10)8-7-11-5-3-2-4-6-11/h2-6H,7-8H2,1H3,(H2,16,17,18). The number of nitriles is 1. The Morgan fingerprint density at radius 3 is 2.50 bits per heavy atom. The molecule has 1 heterocycles. The van der Waals surface area contributed by atoms with E-state index in [-0.39, 0.29) is 5.82 Å². The quantitative estimate of drug-likeness (QED) is 0.887. The Balaban J connectivity index is 2.14. The van der Waals surface area contributed by atoms with Crippen LogP contribution >= 0.6 is 0 Å². The van der Waals surface area contributed by atoms with Crippen molar-refractivity contribution in [3.05, 3.63) is 53.0 Å². The Bertz CT molecular complexity index is 561. The van der Waals surface area contributed by atoms with Gasteiger partial charge in [0.25, 0.3) is 0 Å². The van der Waals surface area contributed by atoms with Crippen molar-refractivity contribution >= 4 is 5.82 Å². The van der Waals surface area contributed by atoms with E-state index in [2.05, 4.69) is 22.1 Å². The second-order valence-corrected chi connectivity index (χ2v) is 4.08. The molecule has 90 valence electrons. The molecule has 0 saturated carbocycles. The summed E-state index contributed by atoms with van der Waals surface area (Å²) in [6.07, 6.45) is 1.59. The number of nitrogens with zero attached hydrogens (tertiary/aromatic N) is 3. The van der Waals surface area contributed by atoms with Crippen molar-refractivity contribution < 1.29 is 0 Å². The summed E-state index contributed by atoms with van der Waals surface area (Å²) in [5.74, 6) is 0.959. The lowest BCUT2D eigenvalue weighted by molar-refractivity contribution is 0.847. The number of hydrogen-bond acceptors (Lipinski definition) is 4. The predicted octanol–water partition coefficient (Wildman–Crippen LogP) is 2.02. The first kappa shape index (κ1) is 12.1. The summed E-state index contributed by atoms with van der Waals surface area (Å²) in [6, 6.07) is 12.2. The average Bonchev–Trinajstić information content (AvgIpc) is 2.37. The van der Waals surface area contributed by atoms with Crippen LogP contribution in [-0.4, -0.2) is 9.97 Å². The zero-order chi connectivity index (χ0) is 13.0.